The van der Waals surface area contributed by atoms with Crippen LogP contribution in [-0.2, 0) is 11.2 Å². The van der Waals surface area contributed by atoms with Gasteiger partial charge in [0.1, 0.15) is 12.3 Å². The Morgan fingerprint density at radius 3 is 2.32 bits per heavy atom. The molecule has 0 unspecified atom stereocenters. The van der Waals surface area contributed by atoms with Gasteiger partial charge in [-0.15, -0.1) is 0 Å². The van der Waals surface area contributed by atoms with Crippen molar-refractivity contribution < 1.29 is 14.7 Å². The smallest absolute Gasteiger partial charge is 0.320 e. The summed E-state index contributed by atoms with van der Waals surface area (Å²) in [6.45, 7) is 2.59. The van der Waals surface area contributed by atoms with Crippen LogP contribution in [-0.4, -0.2) is 29.9 Å². The lowest BCUT2D eigenvalue weighted by atomic mass is 10.1. The fraction of sp³-hybridized carbons (Fsp3) is 0.429. The SMILES string of the molecule is CCc1ccc(C=O)cc1.NCCC[C@H](N)C(=O)O. The van der Waals surface area contributed by atoms with Gasteiger partial charge in [-0.3, -0.25) is 9.59 Å². The zero-order chi connectivity index (χ0) is 14.7. The van der Waals surface area contributed by atoms with Gasteiger partial charge < -0.3 is 16.6 Å². The molecule has 0 heterocycles. The zero-order valence-electron chi connectivity index (χ0n) is 11.2. The maximum Gasteiger partial charge on any atom is 0.320 e. The van der Waals surface area contributed by atoms with E-state index in [-0.39, 0.29) is 0 Å². The highest BCUT2D eigenvalue weighted by Crippen LogP contribution is 2.01. The minimum atomic E-state index is -0.955. The fourth-order valence-electron chi connectivity index (χ4n) is 1.29. The molecule has 0 aliphatic carbocycles. The summed E-state index contributed by atoms with van der Waals surface area (Å²) in [7, 11) is 0. The van der Waals surface area contributed by atoms with Crippen molar-refractivity contribution in [3.05, 3.63) is 35.4 Å². The van der Waals surface area contributed by atoms with E-state index < -0.39 is 12.0 Å². The largest absolute Gasteiger partial charge is 0.480 e. The number of carboxylic acids is 1. The summed E-state index contributed by atoms with van der Waals surface area (Å²) < 4.78 is 0. The van der Waals surface area contributed by atoms with E-state index in [1.165, 1.54) is 5.56 Å². The lowest BCUT2D eigenvalue weighted by Crippen LogP contribution is -2.30. The quantitative estimate of drug-likeness (QED) is 0.671. The number of aldehydes is 1. The molecule has 0 saturated heterocycles. The van der Waals surface area contributed by atoms with Crippen LogP contribution in [0.3, 0.4) is 0 Å². The third kappa shape index (κ3) is 8.07. The van der Waals surface area contributed by atoms with Crippen LogP contribution < -0.4 is 11.5 Å². The van der Waals surface area contributed by atoms with E-state index >= 15 is 0 Å². The summed E-state index contributed by atoms with van der Waals surface area (Å²) in [5.74, 6) is -0.955. The van der Waals surface area contributed by atoms with E-state index in [9.17, 15) is 9.59 Å². The molecule has 0 aliphatic rings. The van der Waals surface area contributed by atoms with Gasteiger partial charge in [-0.1, -0.05) is 31.2 Å². The molecule has 0 saturated carbocycles. The van der Waals surface area contributed by atoms with Crippen molar-refractivity contribution in [2.45, 2.75) is 32.2 Å². The molecule has 19 heavy (non-hydrogen) atoms. The van der Waals surface area contributed by atoms with Crippen molar-refractivity contribution in [3.8, 4) is 0 Å². The van der Waals surface area contributed by atoms with Crippen LogP contribution in [0, 0.1) is 0 Å². The predicted octanol–water partition coefficient (Wildman–Crippen LogP) is 1.20. The van der Waals surface area contributed by atoms with E-state index in [2.05, 4.69) is 6.92 Å². The van der Waals surface area contributed by atoms with Crippen LogP contribution >= 0.6 is 0 Å². The molecular weight excluding hydrogens is 244 g/mol. The number of benzene rings is 1. The summed E-state index contributed by atoms with van der Waals surface area (Å²) in [4.78, 5) is 20.2. The van der Waals surface area contributed by atoms with Gasteiger partial charge in [0.2, 0.25) is 0 Å². The summed E-state index contributed by atoms with van der Waals surface area (Å²) in [6.07, 6.45) is 3.03. The van der Waals surface area contributed by atoms with E-state index in [0.717, 1.165) is 18.3 Å². The third-order valence-corrected chi connectivity index (χ3v) is 2.56. The lowest BCUT2D eigenvalue weighted by Gasteiger charge is -2.02. The first-order valence-corrected chi connectivity index (χ1v) is 6.27. The Kier molecular flexibility index (Phi) is 9.30. The van der Waals surface area contributed by atoms with Crippen molar-refractivity contribution in [2.24, 2.45) is 11.5 Å². The number of aliphatic carboxylic acids is 1. The molecular formula is C14H22N2O3. The van der Waals surface area contributed by atoms with Crippen molar-refractivity contribution in [3.63, 3.8) is 0 Å². The molecule has 1 aromatic rings. The average Bonchev–Trinajstić information content (AvgIpc) is 2.45. The Morgan fingerprint density at radius 1 is 1.37 bits per heavy atom. The second-order valence-electron chi connectivity index (χ2n) is 4.09. The summed E-state index contributed by atoms with van der Waals surface area (Å²) in [5.41, 5.74) is 12.3. The Morgan fingerprint density at radius 2 is 1.95 bits per heavy atom. The van der Waals surface area contributed by atoms with Crippen LogP contribution in [0.1, 0.15) is 35.7 Å². The molecule has 0 radical (unpaired) electrons. The molecule has 0 amide bonds. The van der Waals surface area contributed by atoms with E-state index in [0.29, 0.717) is 19.4 Å². The number of hydrogen-bond acceptors (Lipinski definition) is 4. The molecule has 0 spiro atoms. The van der Waals surface area contributed by atoms with E-state index in [4.69, 9.17) is 16.6 Å². The zero-order valence-corrected chi connectivity index (χ0v) is 11.2. The van der Waals surface area contributed by atoms with Crippen LogP contribution in [0.4, 0.5) is 0 Å². The lowest BCUT2D eigenvalue weighted by molar-refractivity contribution is -0.138. The predicted molar refractivity (Wildman–Crippen MR) is 75.1 cm³/mol. The molecule has 1 rings (SSSR count). The van der Waals surface area contributed by atoms with Crippen LogP contribution in [0.15, 0.2) is 24.3 Å². The Labute approximate surface area is 113 Å². The molecule has 5 N–H and O–H groups in total. The summed E-state index contributed by atoms with van der Waals surface area (Å²) >= 11 is 0. The topological polar surface area (TPSA) is 106 Å². The molecule has 5 nitrogen and oxygen atoms in total. The average molecular weight is 266 g/mol. The molecule has 0 aromatic heterocycles. The number of nitrogens with two attached hydrogens (primary N) is 2. The molecule has 1 atom stereocenters. The van der Waals surface area contributed by atoms with Gasteiger partial charge in [0.15, 0.2) is 0 Å². The Bertz CT molecular complexity index is 377. The number of hydrogen-bond donors (Lipinski definition) is 3. The van der Waals surface area contributed by atoms with Gasteiger partial charge in [-0.05, 0) is 31.4 Å². The molecule has 0 fully saturated rings. The van der Waals surface area contributed by atoms with Crippen molar-refractivity contribution >= 4 is 12.3 Å². The van der Waals surface area contributed by atoms with Crippen LogP contribution in [0.5, 0.6) is 0 Å². The van der Waals surface area contributed by atoms with Gasteiger partial charge >= 0.3 is 5.97 Å². The second-order valence-corrected chi connectivity index (χ2v) is 4.09. The molecule has 106 valence electrons. The van der Waals surface area contributed by atoms with Crippen LogP contribution in [0.2, 0.25) is 0 Å². The van der Waals surface area contributed by atoms with Gasteiger partial charge in [-0.2, -0.15) is 0 Å². The summed E-state index contributed by atoms with van der Waals surface area (Å²) in [6, 6.07) is 6.89. The maximum absolute atomic E-state index is 10.2. The normalized spacial score (nSPS) is 11.1. The summed E-state index contributed by atoms with van der Waals surface area (Å²) in [5, 5.41) is 8.24. The number of carbonyl (C=O) groups excluding carboxylic acids is 1. The molecule has 0 aliphatic heterocycles. The monoisotopic (exact) mass is 266 g/mol. The highest BCUT2D eigenvalue weighted by Gasteiger charge is 2.08. The van der Waals surface area contributed by atoms with E-state index in [1.807, 2.05) is 24.3 Å². The van der Waals surface area contributed by atoms with Gasteiger partial charge in [0, 0.05) is 5.56 Å². The first-order chi connectivity index (χ1) is 9.04. The van der Waals surface area contributed by atoms with Crippen LogP contribution in [0.25, 0.3) is 0 Å². The number of aryl methyl sites for hydroxylation is 1. The highest BCUT2D eigenvalue weighted by atomic mass is 16.4. The minimum absolute atomic E-state index is 0.464. The molecule has 1 aromatic carbocycles. The Balaban J connectivity index is 0.000000344. The van der Waals surface area contributed by atoms with Gasteiger partial charge in [0.05, 0.1) is 0 Å². The van der Waals surface area contributed by atoms with Gasteiger partial charge in [-0.25, -0.2) is 0 Å². The first kappa shape index (κ1) is 17.3. The van der Waals surface area contributed by atoms with Crippen molar-refractivity contribution in [1.29, 1.82) is 0 Å². The first-order valence-electron chi connectivity index (χ1n) is 6.27. The van der Waals surface area contributed by atoms with Crippen molar-refractivity contribution in [1.82, 2.24) is 0 Å². The molecule has 5 heteroatoms. The fourth-order valence-corrected chi connectivity index (χ4v) is 1.29. The number of carboxylic acid groups (broad SMARTS) is 1. The van der Waals surface area contributed by atoms with E-state index in [1.54, 1.807) is 0 Å². The Hall–Kier alpha value is -1.72. The highest BCUT2D eigenvalue weighted by molar-refractivity contribution is 5.74. The number of rotatable bonds is 6. The van der Waals surface area contributed by atoms with Gasteiger partial charge in [0.25, 0.3) is 0 Å². The second kappa shape index (κ2) is 10.2. The third-order valence-electron chi connectivity index (χ3n) is 2.56. The molecule has 0 bridgehead atoms. The number of carbonyl (C=O) groups is 2. The maximum atomic E-state index is 10.2. The standard InChI is InChI=1S/C9H10O.C5H12N2O2/c1-2-8-3-5-9(7-10)6-4-8;6-3-1-2-4(7)5(8)9/h3-7H,2H2,1H3;4H,1-3,6-7H2,(H,8,9)/t;4-/m.0/s1. The minimum Gasteiger partial charge on any atom is -0.480 e. The van der Waals surface area contributed by atoms with Crippen molar-refractivity contribution in [2.75, 3.05) is 6.54 Å².